The van der Waals surface area contributed by atoms with Crippen molar-refractivity contribution in [3.8, 4) is 11.8 Å². The zero-order valence-corrected chi connectivity index (χ0v) is 10.7. The Morgan fingerprint density at radius 1 is 1.25 bits per heavy atom. The lowest BCUT2D eigenvalue weighted by Gasteiger charge is -1.99. The Balaban J connectivity index is 2.57. The molecule has 0 aromatic heterocycles. The van der Waals surface area contributed by atoms with Crippen LogP contribution >= 0.6 is 0 Å². The highest BCUT2D eigenvalue weighted by molar-refractivity contribution is 5.97. The molecule has 1 aromatic carbocycles. The summed E-state index contributed by atoms with van der Waals surface area (Å²) in [6.07, 6.45) is 0.301. The van der Waals surface area contributed by atoms with E-state index in [0.717, 1.165) is 5.56 Å². The molecule has 1 N–H and O–H groups in total. The first-order valence-corrected chi connectivity index (χ1v) is 5.98. The summed E-state index contributed by atoms with van der Waals surface area (Å²) in [5.74, 6) is 4.54. The molecule has 0 heterocycles. The Bertz CT molecular complexity index is 590. The van der Waals surface area contributed by atoms with Crippen LogP contribution in [0.1, 0.15) is 35.2 Å². The molecule has 1 aromatic rings. The summed E-state index contributed by atoms with van der Waals surface area (Å²) in [7, 11) is 0. The molecule has 1 rings (SSSR count). The van der Waals surface area contributed by atoms with E-state index in [1.165, 1.54) is 0 Å². The van der Waals surface area contributed by atoms with Gasteiger partial charge < -0.3 is 5.11 Å². The molecule has 0 saturated heterocycles. The predicted octanol–water partition coefficient (Wildman–Crippen LogP) is 2.79. The maximum atomic E-state index is 11.6. The molecule has 0 unspecified atom stereocenters. The molecule has 0 radical (unpaired) electrons. The van der Waals surface area contributed by atoms with Crippen LogP contribution in [0.25, 0.3) is 10.4 Å². The average Bonchev–Trinajstić information content (AvgIpc) is 2.45. The van der Waals surface area contributed by atoms with Crippen molar-refractivity contribution in [2.75, 3.05) is 6.54 Å². The van der Waals surface area contributed by atoms with Gasteiger partial charge in [-0.2, -0.15) is 0 Å². The fourth-order valence-electron chi connectivity index (χ4n) is 1.42. The summed E-state index contributed by atoms with van der Waals surface area (Å²) in [6, 6.07) is 6.66. The number of carbonyl (C=O) groups excluding carboxylic acids is 1. The van der Waals surface area contributed by atoms with Crippen LogP contribution in [0, 0.1) is 11.8 Å². The normalized spacial score (nSPS) is 9.00. The smallest absolute Gasteiger partial charge is 0.303 e. The molecule has 0 aliphatic heterocycles. The van der Waals surface area contributed by atoms with Crippen molar-refractivity contribution in [3.63, 3.8) is 0 Å². The molecular formula is C14H13N3O3. The molecule has 0 bridgehead atoms. The van der Waals surface area contributed by atoms with Crippen molar-refractivity contribution in [1.82, 2.24) is 0 Å². The highest BCUT2D eigenvalue weighted by Gasteiger charge is 2.07. The van der Waals surface area contributed by atoms with Gasteiger partial charge in [0.05, 0.1) is 6.42 Å². The lowest BCUT2D eigenvalue weighted by molar-refractivity contribution is -0.136. The number of azide groups is 1. The highest BCUT2D eigenvalue weighted by atomic mass is 16.4. The van der Waals surface area contributed by atoms with E-state index >= 15 is 0 Å². The molecule has 0 saturated carbocycles. The molecule has 0 fully saturated rings. The molecule has 20 heavy (non-hydrogen) atoms. The molecule has 0 aliphatic carbocycles. The van der Waals surface area contributed by atoms with Crippen LogP contribution in [0.15, 0.2) is 29.4 Å². The maximum Gasteiger partial charge on any atom is 0.303 e. The summed E-state index contributed by atoms with van der Waals surface area (Å²) in [5.41, 5.74) is 9.31. The Morgan fingerprint density at radius 3 is 2.55 bits per heavy atom. The van der Waals surface area contributed by atoms with Crippen molar-refractivity contribution in [2.24, 2.45) is 5.11 Å². The summed E-state index contributed by atoms with van der Waals surface area (Å²) in [4.78, 5) is 24.6. The third-order valence-corrected chi connectivity index (χ3v) is 2.41. The van der Waals surface area contributed by atoms with Crippen molar-refractivity contribution in [2.45, 2.75) is 19.3 Å². The fourth-order valence-corrected chi connectivity index (χ4v) is 1.42. The first kappa shape index (κ1) is 15.3. The minimum Gasteiger partial charge on any atom is -0.481 e. The number of carboxylic acids is 1. The summed E-state index contributed by atoms with van der Waals surface area (Å²) in [5, 5.41) is 11.9. The van der Waals surface area contributed by atoms with Crippen LogP contribution in [-0.4, -0.2) is 23.4 Å². The van der Waals surface area contributed by atoms with Crippen molar-refractivity contribution in [1.29, 1.82) is 0 Å². The largest absolute Gasteiger partial charge is 0.481 e. The van der Waals surface area contributed by atoms with Crippen LogP contribution in [-0.2, 0) is 4.79 Å². The molecule has 0 spiro atoms. The molecule has 0 aliphatic rings. The molecule has 6 heteroatoms. The Hall–Kier alpha value is -2.77. The SMILES string of the molecule is [N-]=[N+]=NCCC#Cc1ccc(C(=O)CCC(=O)O)cc1. The lowest BCUT2D eigenvalue weighted by atomic mass is 10.0. The molecular weight excluding hydrogens is 258 g/mol. The Morgan fingerprint density at radius 2 is 1.95 bits per heavy atom. The van der Waals surface area contributed by atoms with Crippen molar-refractivity contribution in [3.05, 3.63) is 45.8 Å². The molecule has 0 atom stereocenters. The van der Waals surface area contributed by atoms with E-state index in [9.17, 15) is 9.59 Å². The number of Topliss-reactive ketones (excluding diaryl/α,β-unsaturated/α-hetero) is 1. The topological polar surface area (TPSA) is 103 Å². The molecule has 6 nitrogen and oxygen atoms in total. The van der Waals surface area contributed by atoms with E-state index in [2.05, 4.69) is 21.9 Å². The second kappa shape index (κ2) is 8.35. The van der Waals surface area contributed by atoms with Crippen LogP contribution in [0.5, 0.6) is 0 Å². The number of ketones is 1. The number of nitrogens with zero attached hydrogens (tertiary/aromatic N) is 3. The van der Waals surface area contributed by atoms with Gasteiger partial charge in [0.2, 0.25) is 0 Å². The first-order valence-electron chi connectivity index (χ1n) is 5.98. The minimum absolute atomic E-state index is 0.00742. The van der Waals surface area contributed by atoms with Crippen LogP contribution < -0.4 is 0 Å². The van der Waals surface area contributed by atoms with Gasteiger partial charge in [0.25, 0.3) is 0 Å². The quantitative estimate of drug-likeness (QED) is 0.215. The van der Waals surface area contributed by atoms with Gasteiger partial charge in [-0.3, -0.25) is 9.59 Å². The third kappa shape index (κ3) is 5.71. The number of aliphatic carboxylic acids is 1. The number of carbonyl (C=O) groups is 2. The number of hydrogen-bond donors (Lipinski definition) is 1. The Kier molecular flexibility index (Phi) is 6.38. The summed E-state index contributed by atoms with van der Waals surface area (Å²) < 4.78 is 0. The van der Waals surface area contributed by atoms with Gasteiger partial charge in [-0.15, -0.1) is 0 Å². The van der Waals surface area contributed by atoms with E-state index < -0.39 is 5.97 Å². The number of hydrogen-bond acceptors (Lipinski definition) is 3. The van der Waals surface area contributed by atoms with Crippen molar-refractivity contribution >= 4 is 11.8 Å². The summed E-state index contributed by atoms with van der Waals surface area (Å²) in [6.45, 7) is 0.329. The summed E-state index contributed by atoms with van der Waals surface area (Å²) >= 11 is 0. The first-order chi connectivity index (χ1) is 9.63. The van der Waals surface area contributed by atoms with E-state index in [1.54, 1.807) is 24.3 Å². The number of carboxylic acid groups (broad SMARTS) is 1. The van der Waals surface area contributed by atoms with E-state index in [1.807, 2.05) is 0 Å². The molecule has 0 amide bonds. The number of benzene rings is 1. The monoisotopic (exact) mass is 271 g/mol. The van der Waals surface area contributed by atoms with Crippen molar-refractivity contribution < 1.29 is 14.7 Å². The third-order valence-electron chi connectivity index (χ3n) is 2.41. The van der Waals surface area contributed by atoms with Gasteiger partial charge in [-0.05, 0) is 17.7 Å². The Labute approximate surface area is 116 Å². The zero-order chi connectivity index (χ0) is 14.8. The van der Waals surface area contributed by atoms with E-state index in [-0.39, 0.29) is 18.6 Å². The lowest BCUT2D eigenvalue weighted by Crippen LogP contribution is -2.03. The van der Waals surface area contributed by atoms with E-state index in [0.29, 0.717) is 18.5 Å². The molecule has 102 valence electrons. The van der Waals surface area contributed by atoms with Gasteiger partial charge in [-0.25, -0.2) is 0 Å². The fraction of sp³-hybridized carbons (Fsp3) is 0.286. The second-order valence-corrected chi connectivity index (χ2v) is 3.90. The standard InChI is InChI=1S/C14H13N3O3/c15-17-16-10-2-1-3-11-4-6-12(7-5-11)13(18)8-9-14(19)20/h4-7H,2,8-10H2,(H,19,20). The minimum atomic E-state index is -0.985. The van der Waals surface area contributed by atoms with Crippen LogP contribution in [0.2, 0.25) is 0 Å². The zero-order valence-electron chi connectivity index (χ0n) is 10.7. The highest BCUT2D eigenvalue weighted by Crippen LogP contribution is 2.07. The second-order valence-electron chi connectivity index (χ2n) is 3.90. The van der Waals surface area contributed by atoms with Gasteiger partial charge in [0, 0.05) is 35.4 Å². The predicted molar refractivity (Wildman–Crippen MR) is 73.2 cm³/mol. The maximum absolute atomic E-state index is 11.6. The van der Waals surface area contributed by atoms with Crippen LogP contribution in [0.4, 0.5) is 0 Å². The average molecular weight is 271 g/mol. The van der Waals surface area contributed by atoms with Gasteiger partial charge in [0.1, 0.15) is 0 Å². The van der Waals surface area contributed by atoms with Gasteiger partial charge in [0.15, 0.2) is 5.78 Å². The van der Waals surface area contributed by atoms with Gasteiger partial charge >= 0.3 is 5.97 Å². The number of rotatable bonds is 6. The van der Waals surface area contributed by atoms with E-state index in [4.69, 9.17) is 10.6 Å². The van der Waals surface area contributed by atoms with Crippen LogP contribution in [0.3, 0.4) is 0 Å². The van der Waals surface area contributed by atoms with Gasteiger partial charge in [-0.1, -0.05) is 29.1 Å².